The first kappa shape index (κ1) is 20.7. The summed E-state index contributed by atoms with van der Waals surface area (Å²) < 4.78 is 6.41. The second-order valence-electron chi connectivity index (χ2n) is 7.65. The Balaban J connectivity index is 1.53. The number of carbonyl (C=O) groups excluding carboxylic acids is 2. The molecule has 0 spiro atoms. The Labute approximate surface area is 194 Å². The quantitative estimate of drug-likeness (QED) is 0.474. The molecular weight excluding hydrogens is 472 g/mol. The molecule has 3 atom stereocenters. The first-order valence-corrected chi connectivity index (χ1v) is 11.2. The smallest absolute Gasteiger partial charge is 0.266 e. The fraction of sp³-hybridized carbons (Fsp3) is 0.200. The molecule has 2 aliphatic heterocycles. The van der Waals surface area contributed by atoms with Crippen LogP contribution in [0.15, 0.2) is 83.3 Å². The summed E-state index contributed by atoms with van der Waals surface area (Å²) in [4.78, 5) is 34.3. The van der Waals surface area contributed by atoms with Gasteiger partial charge in [0, 0.05) is 4.47 Å². The van der Waals surface area contributed by atoms with E-state index in [1.807, 2.05) is 61.5 Å². The number of para-hydroxylation sites is 1. The predicted molar refractivity (Wildman–Crippen MR) is 124 cm³/mol. The zero-order chi connectivity index (χ0) is 22.2. The molecule has 2 amide bonds. The number of rotatable bonds is 5. The van der Waals surface area contributed by atoms with Gasteiger partial charge in [0.25, 0.3) is 5.91 Å². The number of ether oxygens (including phenoxy) is 1. The van der Waals surface area contributed by atoms with E-state index in [-0.39, 0.29) is 11.8 Å². The minimum atomic E-state index is -0.886. The Kier molecular flexibility index (Phi) is 5.45. The average molecular weight is 493 g/mol. The normalized spacial score (nSPS) is 22.4. The van der Waals surface area contributed by atoms with Crippen molar-refractivity contribution >= 4 is 39.1 Å². The number of anilines is 2. The van der Waals surface area contributed by atoms with E-state index in [0.29, 0.717) is 18.0 Å². The van der Waals surface area contributed by atoms with Crippen molar-refractivity contribution in [2.45, 2.75) is 19.1 Å². The van der Waals surface area contributed by atoms with Gasteiger partial charge in [-0.2, -0.15) is 0 Å². The third-order valence-electron chi connectivity index (χ3n) is 5.74. The minimum absolute atomic E-state index is 0.268. The molecule has 2 fully saturated rings. The number of hydrogen-bond acceptors (Lipinski definition) is 5. The molecule has 5 rings (SSSR count). The summed E-state index contributed by atoms with van der Waals surface area (Å²) in [5, 5.41) is 1.70. The lowest BCUT2D eigenvalue weighted by Gasteiger charge is -2.28. The van der Waals surface area contributed by atoms with Gasteiger partial charge in [-0.05, 0) is 61.0 Å². The topological polar surface area (TPSA) is 59.1 Å². The van der Waals surface area contributed by atoms with Crippen molar-refractivity contribution in [3.63, 3.8) is 0 Å². The highest BCUT2D eigenvalue weighted by atomic mass is 79.9. The summed E-state index contributed by atoms with van der Waals surface area (Å²) in [6.07, 6.45) is -0.886. The fourth-order valence-corrected chi connectivity index (χ4v) is 4.59. The van der Waals surface area contributed by atoms with E-state index in [4.69, 9.17) is 9.57 Å². The summed E-state index contributed by atoms with van der Waals surface area (Å²) in [6.45, 7) is 2.45. The third-order valence-corrected chi connectivity index (χ3v) is 6.27. The van der Waals surface area contributed by atoms with Crippen LogP contribution in [-0.2, 0) is 14.4 Å². The molecule has 0 bridgehead atoms. The van der Waals surface area contributed by atoms with Crippen molar-refractivity contribution in [3.8, 4) is 5.75 Å². The van der Waals surface area contributed by atoms with E-state index in [1.54, 1.807) is 29.3 Å². The van der Waals surface area contributed by atoms with Gasteiger partial charge in [-0.15, -0.1) is 0 Å². The van der Waals surface area contributed by atoms with Crippen LogP contribution >= 0.6 is 15.9 Å². The molecule has 2 heterocycles. The number of imide groups is 1. The van der Waals surface area contributed by atoms with Crippen LogP contribution in [0.4, 0.5) is 11.4 Å². The molecule has 0 aliphatic carbocycles. The van der Waals surface area contributed by atoms with Crippen LogP contribution in [0.1, 0.15) is 18.5 Å². The van der Waals surface area contributed by atoms with Crippen molar-refractivity contribution in [2.75, 3.05) is 16.6 Å². The Morgan fingerprint density at radius 1 is 0.875 bits per heavy atom. The first-order valence-electron chi connectivity index (χ1n) is 10.5. The standard InChI is InChI=1S/C25H21BrN2O4/c1-2-31-20-14-12-18(13-15-20)27-24(29)21-22(16-8-10-17(26)11-9-16)28(32-23(21)25(27)30)19-6-4-3-5-7-19/h3-15,21-23H,2H2,1H3/t21-,22-,23+/m1/s1. The van der Waals surface area contributed by atoms with E-state index in [0.717, 1.165) is 15.7 Å². The number of carbonyl (C=O) groups is 2. The number of fused-ring (bicyclic) bond motifs is 1. The second kappa shape index (κ2) is 8.41. The molecule has 3 aromatic carbocycles. The molecule has 2 aliphatic rings. The second-order valence-corrected chi connectivity index (χ2v) is 8.56. The Bertz CT molecular complexity index is 1130. The Hall–Kier alpha value is -3.16. The molecule has 6 nitrogen and oxygen atoms in total. The van der Waals surface area contributed by atoms with Gasteiger partial charge in [0.1, 0.15) is 11.7 Å². The molecule has 162 valence electrons. The minimum Gasteiger partial charge on any atom is -0.494 e. The lowest BCUT2D eigenvalue weighted by Crippen LogP contribution is -2.37. The average Bonchev–Trinajstić information content (AvgIpc) is 3.32. The zero-order valence-corrected chi connectivity index (χ0v) is 18.9. The summed E-state index contributed by atoms with van der Waals surface area (Å²) in [7, 11) is 0. The Morgan fingerprint density at radius 2 is 1.56 bits per heavy atom. The van der Waals surface area contributed by atoms with E-state index in [2.05, 4.69) is 15.9 Å². The molecule has 2 saturated heterocycles. The van der Waals surface area contributed by atoms with Crippen molar-refractivity contribution in [3.05, 3.63) is 88.9 Å². The van der Waals surface area contributed by atoms with Crippen LogP contribution < -0.4 is 14.7 Å². The summed E-state index contributed by atoms with van der Waals surface area (Å²) >= 11 is 3.46. The maximum atomic E-state index is 13.6. The molecule has 0 saturated carbocycles. The van der Waals surface area contributed by atoms with Crippen molar-refractivity contribution in [1.82, 2.24) is 0 Å². The van der Waals surface area contributed by atoms with E-state index < -0.39 is 18.1 Å². The highest BCUT2D eigenvalue weighted by molar-refractivity contribution is 9.10. The van der Waals surface area contributed by atoms with Crippen LogP contribution in [0, 0.1) is 5.92 Å². The fourth-order valence-electron chi connectivity index (χ4n) is 4.32. The largest absolute Gasteiger partial charge is 0.494 e. The van der Waals surface area contributed by atoms with Crippen LogP contribution in [0.2, 0.25) is 0 Å². The maximum Gasteiger partial charge on any atom is 0.266 e. The van der Waals surface area contributed by atoms with Crippen LogP contribution in [-0.4, -0.2) is 24.5 Å². The number of hydrogen-bond donors (Lipinski definition) is 0. The van der Waals surface area contributed by atoms with Crippen LogP contribution in [0.3, 0.4) is 0 Å². The first-order chi connectivity index (χ1) is 15.6. The van der Waals surface area contributed by atoms with Gasteiger partial charge in [0.15, 0.2) is 6.10 Å². The highest BCUT2D eigenvalue weighted by Gasteiger charge is 2.60. The van der Waals surface area contributed by atoms with Crippen molar-refractivity contribution in [1.29, 1.82) is 0 Å². The van der Waals surface area contributed by atoms with E-state index in [1.165, 1.54) is 4.90 Å². The van der Waals surface area contributed by atoms with Gasteiger partial charge in [0.05, 0.1) is 24.0 Å². The SMILES string of the molecule is CCOc1ccc(N2C(=O)[C@H]3[C@H](ON(c4ccccc4)[C@@H]3c3ccc(Br)cc3)C2=O)cc1. The molecule has 7 heteroatoms. The van der Waals surface area contributed by atoms with Gasteiger partial charge in [-0.3, -0.25) is 14.4 Å². The zero-order valence-electron chi connectivity index (χ0n) is 17.4. The molecule has 0 aromatic heterocycles. The predicted octanol–water partition coefficient (Wildman–Crippen LogP) is 4.90. The molecule has 0 unspecified atom stereocenters. The molecular formula is C25H21BrN2O4. The van der Waals surface area contributed by atoms with Gasteiger partial charge in [0.2, 0.25) is 5.91 Å². The Morgan fingerprint density at radius 3 is 2.22 bits per heavy atom. The molecule has 0 radical (unpaired) electrons. The summed E-state index contributed by atoms with van der Waals surface area (Å²) in [6, 6.07) is 23.8. The highest BCUT2D eigenvalue weighted by Crippen LogP contribution is 2.47. The maximum absolute atomic E-state index is 13.6. The van der Waals surface area contributed by atoms with Crippen molar-refractivity contribution in [2.24, 2.45) is 5.92 Å². The number of hydroxylamine groups is 1. The van der Waals surface area contributed by atoms with Crippen molar-refractivity contribution < 1.29 is 19.2 Å². The molecule has 32 heavy (non-hydrogen) atoms. The lowest BCUT2D eigenvalue weighted by molar-refractivity contribution is -0.126. The van der Waals surface area contributed by atoms with Gasteiger partial charge >= 0.3 is 0 Å². The van der Waals surface area contributed by atoms with Gasteiger partial charge in [-0.25, -0.2) is 9.96 Å². The molecule has 3 aromatic rings. The molecule has 0 N–H and O–H groups in total. The number of halogens is 1. The monoisotopic (exact) mass is 492 g/mol. The van der Waals surface area contributed by atoms with Crippen LogP contribution in [0.25, 0.3) is 0 Å². The van der Waals surface area contributed by atoms with Gasteiger partial charge < -0.3 is 4.74 Å². The van der Waals surface area contributed by atoms with Crippen LogP contribution in [0.5, 0.6) is 5.75 Å². The van der Waals surface area contributed by atoms with E-state index in [9.17, 15) is 9.59 Å². The lowest BCUT2D eigenvalue weighted by atomic mass is 9.90. The third kappa shape index (κ3) is 3.47. The number of amides is 2. The van der Waals surface area contributed by atoms with E-state index >= 15 is 0 Å². The summed E-state index contributed by atoms with van der Waals surface area (Å²) in [5.74, 6) is -0.592. The summed E-state index contributed by atoms with van der Waals surface area (Å²) in [5.41, 5.74) is 2.21. The van der Waals surface area contributed by atoms with Gasteiger partial charge in [-0.1, -0.05) is 46.3 Å². The number of nitrogens with zero attached hydrogens (tertiary/aromatic N) is 2. The number of benzene rings is 3.